The lowest BCUT2D eigenvalue weighted by Crippen LogP contribution is -2.26. The van der Waals surface area contributed by atoms with Crippen molar-refractivity contribution >= 4 is 33.3 Å². The molecule has 78 valence electrons. The Kier molecular flexibility index (Phi) is 4.69. The first-order valence-corrected chi connectivity index (χ1v) is 5.94. The third-order valence-corrected chi connectivity index (χ3v) is 2.75. The number of nitrogens with zero attached hydrogens (tertiary/aromatic N) is 2. The van der Waals surface area contributed by atoms with E-state index in [2.05, 4.69) is 38.8 Å². The maximum absolute atomic E-state index is 5.72. The van der Waals surface area contributed by atoms with E-state index in [0.29, 0.717) is 5.88 Å². The average molecular weight is 278 g/mol. The van der Waals surface area contributed by atoms with Gasteiger partial charge in [-0.3, -0.25) is 0 Å². The van der Waals surface area contributed by atoms with Crippen molar-refractivity contribution in [3.63, 3.8) is 0 Å². The summed E-state index contributed by atoms with van der Waals surface area (Å²) in [6.07, 6.45) is 1.87. The van der Waals surface area contributed by atoms with E-state index in [1.54, 1.807) is 0 Å². The zero-order chi connectivity index (χ0) is 10.6. The van der Waals surface area contributed by atoms with Crippen molar-refractivity contribution in [3.05, 3.63) is 22.3 Å². The van der Waals surface area contributed by atoms with Crippen molar-refractivity contribution in [2.75, 3.05) is 23.9 Å². The van der Waals surface area contributed by atoms with E-state index < -0.39 is 0 Å². The largest absolute Gasteiger partial charge is 0.355 e. The molecule has 0 amide bonds. The fourth-order valence-electron chi connectivity index (χ4n) is 1.27. The normalized spacial score (nSPS) is 10.3. The quantitative estimate of drug-likeness (QED) is 0.786. The Hall–Kier alpha value is -0.280. The third kappa shape index (κ3) is 2.85. The van der Waals surface area contributed by atoms with Gasteiger partial charge in [0.25, 0.3) is 0 Å². The first kappa shape index (κ1) is 11.8. The Morgan fingerprint density at radius 3 is 2.79 bits per heavy atom. The summed E-state index contributed by atoms with van der Waals surface area (Å²) < 4.78 is 1.03. The summed E-state index contributed by atoms with van der Waals surface area (Å²) >= 11 is 9.24. The lowest BCUT2D eigenvalue weighted by atomic mass is 10.3. The zero-order valence-corrected chi connectivity index (χ0v) is 10.8. The lowest BCUT2D eigenvalue weighted by Gasteiger charge is -2.21. The number of pyridine rings is 1. The smallest absolute Gasteiger partial charge is 0.142 e. The number of aryl methyl sites for hydroxylation is 1. The molecule has 2 nitrogen and oxygen atoms in total. The second-order valence-corrected chi connectivity index (χ2v) is 4.32. The summed E-state index contributed by atoms with van der Waals surface area (Å²) in [7, 11) is 0. The van der Waals surface area contributed by atoms with Crippen molar-refractivity contribution in [1.29, 1.82) is 0 Å². The van der Waals surface area contributed by atoms with E-state index in [1.165, 1.54) is 0 Å². The van der Waals surface area contributed by atoms with Gasteiger partial charge >= 0.3 is 0 Å². The van der Waals surface area contributed by atoms with Crippen LogP contribution in [0.1, 0.15) is 12.5 Å². The van der Waals surface area contributed by atoms with Crippen molar-refractivity contribution in [2.24, 2.45) is 0 Å². The highest BCUT2D eigenvalue weighted by Crippen LogP contribution is 2.24. The zero-order valence-electron chi connectivity index (χ0n) is 8.43. The van der Waals surface area contributed by atoms with Crippen LogP contribution < -0.4 is 4.90 Å². The standard InChI is InChI=1S/C10H14BrClN2/c1-3-14(5-4-12)10-9(11)6-8(2)7-13-10/h6-7H,3-5H2,1-2H3. The van der Waals surface area contributed by atoms with Crippen molar-refractivity contribution in [1.82, 2.24) is 4.98 Å². The fraction of sp³-hybridized carbons (Fsp3) is 0.500. The highest BCUT2D eigenvalue weighted by molar-refractivity contribution is 9.10. The van der Waals surface area contributed by atoms with Gasteiger partial charge in [0.1, 0.15) is 5.82 Å². The van der Waals surface area contributed by atoms with E-state index in [-0.39, 0.29) is 0 Å². The lowest BCUT2D eigenvalue weighted by molar-refractivity contribution is 0.845. The molecule has 0 saturated carbocycles. The maximum Gasteiger partial charge on any atom is 0.142 e. The summed E-state index contributed by atoms with van der Waals surface area (Å²) in [5.41, 5.74) is 1.16. The van der Waals surface area contributed by atoms with Crippen molar-refractivity contribution in [2.45, 2.75) is 13.8 Å². The highest BCUT2D eigenvalue weighted by atomic mass is 79.9. The molecule has 1 aromatic heterocycles. The van der Waals surface area contributed by atoms with Crippen LogP contribution in [0.5, 0.6) is 0 Å². The molecule has 1 aromatic rings. The van der Waals surface area contributed by atoms with E-state index >= 15 is 0 Å². The predicted octanol–water partition coefficient (Wildman–Crippen LogP) is 3.22. The van der Waals surface area contributed by atoms with Crippen LogP contribution in [-0.4, -0.2) is 24.0 Å². The van der Waals surface area contributed by atoms with Crippen LogP contribution in [0.2, 0.25) is 0 Å². The highest BCUT2D eigenvalue weighted by Gasteiger charge is 2.08. The minimum absolute atomic E-state index is 0.621. The Morgan fingerprint density at radius 1 is 1.57 bits per heavy atom. The number of rotatable bonds is 4. The second-order valence-electron chi connectivity index (χ2n) is 3.09. The van der Waals surface area contributed by atoms with Crippen LogP contribution in [0, 0.1) is 6.92 Å². The van der Waals surface area contributed by atoms with Gasteiger partial charge in [0.15, 0.2) is 0 Å². The molecule has 14 heavy (non-hydrogen) atoms. The van der Waals surface area contributed by atoms with Gasteiger partial charge in [0.2, 0.25) is 0 Å². The summed E-state index contributed by atoms with van der Waals surface area (Å²) in [6.45, 7) is 5.87. The maximum atomic E-state index is 5.72. The molecule has 0 fully saturated rings. The molecule has 1 heterocycles. The Labute approximate surface area is 98.4 Å². The Balaban J connectivity index is 2.92. The molecular formula is C10H14BrClN2. The molecule has 0 bridgehead atoms. The molecule has 0 saturated heterocycles. The van der Waals surface area contributed by atoms with E-state index in [1.807, 2.05) is 13.1 Å². The van der Waals surface area contributed by atoms with Crippen LogP contribution in [0.25, 0.3) is 0 Å². The fourth-order valence-corrected chi connectivity index (χ4v) is 2.19. The van der Waals surface area contributed by atoms with Gasteiger partial charge in [0.05, 0.1) is 4.47 Å². The van der Waals surface area contributed by atoms with Gasteiger partial charge in [-0.25, -0.2) is 4.98 Å². The van der Waals surface area contributed by atoms with Gasteiger partial charge in [-0.05, 0) is 41.4 Å². The molecule has 0 radical (unpaired) electrons. The molecule has 0 unspecified atom stereocenters. The SMILES string of the molecule is CCN(CCCl)c1ncc(C)cc1Br. The molecular weight excluding hydrogens is 263 g/mol. The molecule has 0 aliphatic rings. The Bertz CT molecular complexity index is 304. The van der Waals surface area contributed by atoms with Gasteiger partial charge in [-0.1, -0.05) is 0 Å². The first-order chi connectivity index (χ1) is 6.69. The third-order valence-electron chi connectivity index (χ3n) is 1.99. The van der Waals surface area contributed by atoms with Crippen LogP contribution >= 0.6 is 27.5 Å². The van der Waals surface area contributed by atoms with E-state index in [9.17, 15) is 0 Å². The predicted molar refractivity (Wildman–Crippen MR) is 65.3 cm³/mol. The van der Waals surface area contributed by atoms with Crippen LogP contribution in [0.4, 0.5) is 5.82 Å². The van der Waals surface area contributed by atoms with Gasteiger partial charge in [0, 0.05) is 25.2 Å². The number of halogens is 2. The number of anilines is 1. The second kappa shape index (κ2) is 5.56. The van der Waals surface area contributed by atoms with E-state index in [4.69, 9.17) is 11.6 Å². The topological polar surface area (TPSA) is 16.1 Å². The molecule has 0 atom stereocenters. The molecule has 0 aliphatic heterocycles. The van der Waals surface area contributed by atoms with E-state index in [0.717, 1.165) is 28.9 Å². The summed E-state index contributed by atoms with van der Waals surface area (Å²) in [5, 5.41) is 0. The van der Waals surface area contributed by atoms with Crippen molar-refractivity contribution in [3.8, 4) is 0 Å². The van der Waals surface area contributed by atoms with Crippen LogP contribution in [0.15, 0.2) is 16.7 Å². The summed E-state index contributed by atoms with van der Waals surface area (Å²) in [4.78, 5) is 6.54. The number of alkyl halides is 1. The molecule has 4 heteroatoms. The number of hydrogen-bond donors (Lipinski definition) is 0. The molecule has 0 aromatic carbocycles. The minimum atomic E-state index is 0.621. The summed E-state index contributed by atoms with van der Waals surface area (Å²) in [5.74, 6) is 1.59. The van der Waals surface area contributed by atoms with Crippen LogP contribution in [-0.2, 0) is 0 Å². The van der Waals surface area contributed by atoms with Gasteiger partial charge in [-0.15, -0.1) is 11.6 Å². The van der Waals surface area contributed by atoms with Gasteiger partial charge in [-0.2, -0.15) is 0 Å². The number of aromatic nitrogens is 1. The Morgan fingerprint density at radius 2 is 2.29 bits per heavy atom. The summed E-state index contributed by atoms with van der Waals surface area (Å²) in [6, 6.07) is 2.07. The monoisotopic (exact) mass is 276 g/mol. The first-order valence-electron chi connectivity index (χ1n) is 4.62. The number of hydrogen-bond acceptors (Lipinski definition) is 2. The molecule has 0 aliphatic carbocycles. The minimum Gasteiger partial charge on any atom is -0.355 e. The molecule has 1 rings (SSSR count). The molecule has 0 N–H and O–H groups in total. The average Bonchev–Trinajstić information content (AvgIpc) is 2.15. The van der Waals surface area contributed by atoms with Crippen molar-refractivity contribution < 1.29 is 0 Å². The van der Waals surface area contributed by atoms with Gasteiger partial charge < -0.3 is 4.90 Å². The van der Waals surface area contributed by atoms with Crippen LogP contribution in [0.3, 0.4) is 0 Å². The molecule has 0 spiro atoms.